The Bertz CT molecular complexity index is 476. The highest BCUT2D eigenvalue weighted by Gasteiger charge is 2.25. The molecule has 1 heterocycles. The minimum absolute atomic E-state index is 0.150. The quantitative estimate of drug-likeness (QED) is 0.781. The summed E-state index contributed by atoms with van der Waals surface area (Å²) >= 11 is 0. The lowest BCUT2D eigenvalue weighted by atomic mass is 9.96. The summed E-state index contributed by atoms with van der Waals surface area (Å²) in [6.45, 7) is 3.08. The van der Waals surface area contributed by atoms with Crippen molar-refractivity contribution >= 4 is 17.3 Å². The highest BCUT2D eigenvalue weighted by atomic mass is 19.1. The molecule has 0 radical (unpaired) electrons. The van der Waals surface area contributed by atoms with Crippen LogP contribution in [0.5, 0.6) is 0 Å². The van der Waals surface area contributed by atoms with E-state index < -0.39 is 0 Å². The maximum Gasteiger partial charge on any atom is 0.222 e. The number of hydrogen-bond donors (Lipinski definition) is 2. The van der Waals surface area contributed by atoms with Crippen LogP contribution in [0.3, 0.4) is 0 Å². The zero-order valence-electron chi connectivity index (χ0n) is 10.4. The van der Waals surface area contributed by atoms with Crippen molar-refractivity contribution in [3.05, 3.63) is 23.5 Å². The van der Waals surface area contributed by atoms with Crippen LogP contribution in [0.2, 0.25) is 0 Å². The number of rotatable bonds is 2. The Kier molecular flexibility index (Phi) is 3.41. The van der Waals surface area contributed by atoms with E-state index >= 15 is 0 Å². The molecule has 5 heteroatoms. The van der Waals surface area contributed by atoms with Crippen LogP contribution in [-0.2, 0) is 4.79 Å². The van der Waals surface area contributed by atoms with E-state index in [0.29, 0.717) is 17.8 Å². The number of halogens is 1. The summed E-state index contributed by atoms with van der Waals surface area (Å²) < 4.78 is 13.4. The van der Waals surface area contributed by atoms with Gasteiger partial charge in [0.15, 0.2) is 0 Å². The van der Waals surface area contributed by atoms with E-state index in [2.05, 4.69) is 0 Å². The molecule has 1 saturated heterocycles. The summed E-state index contributed by atoms with van der Waals surface area (Å²) in [5.41, 5.74) is 12.9. The summed E-state index contributed by atoms with van der Waals surface area (Å²) in [7, 11) is 0. The highest BCUT2D eigenvalue weighted by Crippen LogP contribution is 2.30. The number of nitrogen functional groups attached to an aromatic ring is 1. The van der Waals surface area contributed by atoms with Gasteiger partial charge >= 0.3 is 0 Å². The first kappa shape index (κ1) is 12.7. The Morgan fingerprint density at radius 2 is 2.22 bits per heavy atom. The molecule has 18 heavy (non-hydrogen) atoms. The fourth-order valence-electron chi connectivity index (χ4n) is 2.38. The molecule has 0 aliphatic carbocycles. The van der Waals surface area contributed by atoms with Crippen LogP contribution in [0.15, 0.2) is 12.1 Å². The van der Waals surface area contributed by atoms with Crippen molar-refractivity contribution in [1.82, 2.24) is 0 Å². The topological polar surface area (TPSA) is 72.3 Å². The predicted molar refractivity (Wildman–Crippen MR) is 69.7 cm³/mol. The van der Waals surface area contributed by atoms with Crippen LogP contribution in [-0.4, -0.2) is 19.0 Å². The number of carbonyl (C=O) groups excluding carboxylic acids is 1. The summed E-state index contributed by atoms with van der Waals surface area (Å²) in [4.78, 5) is 13.3. The van der Waals surface area contributed by atoms with Crippen molar-refractivity contribution in [2.45, 2.75) is 19.8 Å². The number of carbonyl (C=O) groups is 1. The van der Waals surface area contributed by atoms with Gasteiger partial charge in [-0.05, 0) is 37.5 Å². The normalized spacial score (nSPS) is 19.9. The average Bonchev–Trinajstić information content (AvgIpc) is 2.34. The summed E-state index contributed by atoms with van der Waals surface area (Å²) in [5, 5.41) is 0. The number of piperidine rings is 1. The summed E-state index contributed by atoms with van der Waals surface area (Å²) in [6.07, 6.45) is 1.70. The third-order valence-electron chi connectivity index (χ3n) is 3.47. The number of anilines is 2. The van der Waals surface area contributed by atoms with Gasteiger partial charge in [0.25, 0.3) is 0 Å². The van der Waals surface area contributed by atoms with Gasteiger partial charge in [-0.1, -0.05) is 0 Å². The van der Waals surface area contributed by atoms with Gasteiger partial charge in [-0.2, -0.15) is 0 Å². The lowest BCUT2D eigenvalue weighted by molar-refractivity contribution is -0.122. The first-order valence-corrected chi connectivity index (χ1v) is 6.09. The largest absolute Gasteiger partial charge is 0.397 e. The van der Waals surface area contributed by atoms with Crippen LogP contribution in [0.1, 0.15) is 18.4 Å². The summed E-state index contributed by atoms with van der Waals surface area (Å²) in [6, 6.07) is 3.06. The molecular weight excluding hydrogens is 233 g/mol. The second kappa shape index (κ2) is 4.84. The molecule has 1 unspecified atom stereocenters. The Hall–Kier alpha value is -1.78. The highest BCUT2D eigenvalue weighted by molar-refractivity contribution is 5.78. The smallest absolute Gasteiger partial charge is 0.222 e. The van der Waals surface area contributed by atoms with Crippen LogP contribution in [0.4, 0.5) is 15.8 Å². The SMILES string of the molecule is Cc1cc(N2CCCC(C(N)=O)C2)c(N)cc1F. The van der Waals surface area contributed by atoms with Crippen molar-refractivity contribution in [2.24, 2.45) is 11.7 Å². The number of benzene rings is 1. The molecule has 1 aliphatic heterocycles. The van der Waals surface area contributed by atoms with Crippen LogP contribution < -0.4 is 16.4 Å². The minimum Gasteiger partial charge on any atom is -0.397 e. The predicted octanol–water partition coefficient (Wildman–Crippen LogP) is 1.42. The number of nitrogens with two attached hydrogens (primary N) is 2. The maximum atomic E-state index is 13.4. The van der Waals surface area contributed by atoms with Crippen molar-refractivity contribution < 1.29 is 9.18 Å². The number of amides is 1. The number of aryl methyl sites for hydroxylation is 1. The molecule has 0 saturated carbocycles. The van der Waals surface area contributed by atoms with Crippen LogP contribution in [0, 0.1) is 18.7 Å². The van der Waals surface area contributed by atoms with E-state index in [1.54, 1.807) is 13.0 Å². The van der Waals surface area contributed by atoms with Gasteiger partial charge in [-0.3, -0.25) is 4.79 Å². The van der Waals surface area contributed by atoms with Crippen molar-refractivity contribution in [3.8, 4) is 0 Å². The molecule has 1 amide bonds. The standard InChI is InChI=1S/C13H18FN3O/c1-8-5-12(11(15)6-10(8)14)17-4-2-3-9(7-17)13(16)18/h5-6,9H,2-4,7,15H2,1H3,(H2,16,18). The third kappa shape index (κ3) is 2.39. The van der Waals surface area contributed by atoms with Crippen molar-refractivity contribution in [2.75, 3.05) is 23.7 Å². The average molecular weight is 251 g/mol. The van der Waals surface area contributed by atoms with Gasteiger partial charge in [-0.15, -0.1) is 0 Å². The summed E-state index contributed by atoms with van der Waals surface area (Å²) in [5.74, 6) is -0.736. The second-order valence-corrected chi connectivity index (χ2v) is 4.85. The molecule has 0 aromatic heterocycles. The van der Waals surface area contributed by atoms with Gasteiger partial charge in [-0.25, -0.2) is 4.39 Å². The lowest BCUT2D eigenvalue weighted by Gasteiger charge is -2.34. The zero-order valence-corrected chi connectivity index (χ0v) is 10.4. The number of primary amides is 1. The van der Waals surface area contributed by atoms with Gasteiger partial charge in [0.1, 0.15) is 5.82 Å². The van der Waals surface area contributed by atoms with E-state index in [1.807, 2.05) is 4.90 Å². The molecule has 4 N–H and O–H groups in total. The van der Waals surface area contributed by atoms with E-state index in [-0.39, 0.29) is 17.6 Å². The monoisotopic (exact) mass is 251 g/mol. The molecule has 4 nitrogen and oxygen atoms in total. The van der Waals surface area contributed by atoms with Crippen molar-refractivity contribution in [1.29, 1.82) is 0 Å². The Morgan fingerprint density at radius 1 is 1.50 bits per heavy atom. The Morgan fingerprint density at radius 3 is 2.89 bits per heavy atom. The molecule has 1 fully saturated rings. The van der Waals surface area contributed by atoms with E-state index in [1.165, 1.54) is 6.07 Å². The lowest BCUT2D eigenvalue weighted by Crippen LogP contribution is -2.41. The number of nitrogens with zero attached hydrogens (tertiary/aromatic N) is 1. The first-order chi connectivity index (χ1) is 8.49. The van der Waals surface area contributed by atoms with E-state index in [4.69, 9.17) is 11.5 Å². The van der Waals surface area contributed by atoms with E-state index in [9.17, 15) is 9.18 Å². The third-order valence-corrected chi connectivity index (χ3v) is 3.47. The molecule has 0 spiro atoms. The second-order valence-electron chi connectivity index (χ2n) is 4.85. The molecule has 1 aromatic carbocycles. The fourth-order valence-corrected chi connectivity index (χ4v) is 2.38. The van der Waals surface area contributed by atoms with Crippen LogP contribution >= 0.6 is 0 Å². The Labute approximate surface area is 106 Å². The zero-order chi connectivity index (χ0) is 13.3. The first-order valence-electron chi connectivity index (χ1n) is 6.09. The van der Waals surface area contributed by atoms with E-state index in [0.717, 1.165) is 25.1 Å². The van der Waals surface area contributed by atoms with Gasteiger partial charge in [0, 0.05) is 13.1 Å². The molecule has 98 valence electrons. The van der Waals surface area contributed by atoms with Gasteiger partial charge < -0.3 is 16.4 Å². The molecule has 1 atom stereocenters. The minimum atomic E-state index is -0.306. The maximum absolute atomic E-state index is 13.4. The van der Waals surface area contributed by atoms with Crippen LogP contribution in [0.25, 0.3) is 0 Å². The number of hydrogen-bond acceptors (Lipinski definition) is 3. The van der Waals surface area contributed by atoms with Crippen molar-refractivity contribution in [3.63, 3.8) is 0 Å². The van der Waals surface area contributed by atoms with Gasteiger partial charge in [0.2, 0.25) is 5.91 Å². The molecule has 1 aliphatic rings. The Balaban J connectivity index is 2.26. The molecular formula is C13H18FN3O. The van der Waals surface area contributed by atoms with Gasteiger partial charge in [0.05, 0.1) is 17.3 Å². The fraction of sp³-hybridized carbons (Fsp3) is 0.462. The molecule has 1 aromatic rings. The molecule has 0 bridgehead atoms. The molecule has 2 rings (SSSR count).